The smallest absolute Gasteiger partial charge is 0.123 e. The molecule has 0 amide bonds. The molecule has 0 fully saturated rings. The fourth-order valence-electron chi connectivity index (χ4n) is 1.85. The highest BCUT2D eigenvalue weighted by Crippen LogP contribution is 2.27. The van der Waals surface area contributed by atoms with E-state index in [9.17, 15) is 4.39 Å². The van der Waals surface area contributed by atoms with Crippen LogP contribution in [0.1, 0.15) is 22.9 Å². The summed E-state index contributed by atoms with van der Waals surface area (Å²) in [5.74, 6) is 5.33. The molecule has 2 nitrogen and oxygen atoms in total. The molecule has 18 heavy (non-hydrogen) atoms. The number of hydrogen-bond donors (Lipinski definition) is 2. The number of aryl methyl sites for hydroxylation is 1. The van der Waals surface area contributed by atoms with Gasteiger partial charge in [0.1, 0.15) is 5.82 Å². The molecule has 3 N–H and O–H groups in total. The summed E-state index contributed by atoms with van der Waals surface area (Å²) < 4.78 is 14.1. The molecule has 1 unspecified atom stereocenters. The van der Waals surface area contributed by atoms with Gasteiger partial charge >= 0.3 is 0 Å². The normalized spacial score (nSPS) is 12.6. The number of nitrogens with two attached hydrogens (primary N) is 1. The molecule has 0 radical (unpaired) electrons. The van der Waals surface area contributed by atoms with E-state index < -0.39 is 0 Å². The Labute approximate surface area is 118 Å². The van der Waals surface area contributed by atoms with Crippen LogP contribution in [0.5, 0.6) is 0 Å². The van der Waals surface area contributed by atoms with Crippen LogP contribution in [0.15, 0.2) is 40.2 Å². The van der Waals surface area contributed by atoms with Gasteiger partial charge in [0.05, 0.1) is 0 Å². The first-order valence-corrected chi connectivity index (χ1v) is 7.31. The summed E-state index contributed by atoms with van der Waals surface area (Å²) in [6.07, 6.45) is 1.76. The number of rotatable bonds is 5. The largest absolute Gasteiger partial charge is 0.271 e. The first-order valence-electron chi connectivity index (χ1n) is 5.64. The van der Waals surface area contributed by atoms with E-state index in [2.05, 4.69) is 32.8 Å². The lowest BCUT2D eigenvalue weighted by Gasteiger charge is -2.17. The maximum atomic E-state index is 13.3. The molecule has 2 rings (SSSR count). The van der Waals surface area contributed by atoms with Crippen molar-refractivity contribution in [3.8, 4) is 0 Å². The average Bonchev–Trinajstić information content (AvgIpc) is 2.87. The molecule has 0 aliphatic rings. The van der Waals surface area contributed by atoms with E-state index in [1.165, 1.54) is 17.0 Å². The molecule has 96 valence electrons. The number of halogens is 2. The zero-order valence-electron chi connectivity index (χ0n) is 9.70. The van der Waals surface area contributed by atoms with Crippen molar-refractivity contribution >= 4 is 27.3 Å². The molecule has 5 heteroatoms. The zero-order chi connectivity index (χ0) is 13.0. The van der Waals surface area contributed by atoms with E-state index in [4.69, 9.17) is 5.84 Å². The molecule has 1 aromatic carbocycles. The number of hydrogen-bond acceptors (Lipinski definition) is 3. The second-order valence-corrected chi connectivity index (χ2v) is 5.89. The van der Waals surface area contributed by atoms with Crippen LogP contribution in [0.2, 0.25) is 0 Å². The summed E-state index contributed by atoms with van der Waals surface area (Å²) in [5, 5.41) is 2.05. The zero-order valence-corrected chi connectivity index (χ0v) is 12.1. The molecule has 0 saturated carbocycles. The summed E-state index contributed by atoms with van der Waals surface area (Å²) in [7, 11) is 0. The third-order valence-electron chi connectivity index (χ3n) is 2.79. The van der Waals surface area contributed by atoms with Crippen molar-refractivity contribution in [1.29, 1.82) is 0 Å². The first-order chi connectivity index (χ1) is 8.70. The van der Waals surface area contributed by atoms with E-state index in [-0.39, 0.29) is 11.9 Å². The Hall–Kier alpha value is -0.750. The standard InChI is InChI=1S/C13H14BrFN2S/c14-12-5-3-9(15)8-11(12)13(17-16)6-4-10-2-1-7-18-10/h1-3,5,7-8,13,17H,4,6,16H2. The van der Waals surface area contributed by atoms with Gasteiger partial charge in [-0.15, -0.1) is 11.3 Å². The van der Waals surface area contributed by atoms with E-state index in [0.717, 1.165) is 22.9 Å². The quantitative estimate of drug-likeness (QED) is 0.647. The van der Waals surface area contributed by atoms with E-state index in [0.29, 0.717) is 0 Å². The van der Waals surface area contributed by atoms with Crippen LogP contribution in [0.4, 0.5) is 4.39 Å². The maximum absolute atomic E-state index is 13.3. The van der Waals surface area contributed by atoms with E-state index in [1.54, 1.807) is 17.4 Å². The molecule has 0 spiro atoms. The summed E-state index contributed by atoms with van der Waals surface area (Å²) >= 11 is 5.15. The Morgan fingerprint density at radius 3 is 2.89 bits per heavy atom. The highest BCUT2D eigenvalue weighted by Gasteiger charge is 2.14. The van der Waals surface area contributed by atoms with Gasteiger partial charge in [-0.3, -0.25) is 11.3 Å². The van der Waals surface area contributed by atoms with Gasteiger partial charge in [0.15, 0.2) is 0 Å². The minimum atomic E-state index is -0.246. The van der Waals surface area contributed by atoms with E-state index >= 15 is 0 Å². The van der Waals surface area contributed by atoms with Gasteiger partial charge in [0.25, 0.3) is 0 Å². The maximum Gasteiger partial charge on any atom is 0.123 e. The number of nitrogens with one attached hydrogen (secondary N) is 1. The van der Waals surface area contributed by atoms with Crippen LogP contribution in [-0.4, -0.2) is 0 Å². The van der Waals surface area contributed by atoms with E-state index in [1.807, 2.05) is 6.07 Å². The monoisotopic (exact) mass is 328 g/mol. The van der Waals surface area contributed by atoms with Crippen LogP contribution < -0.4 is 11.3 Å². The third kappa shape index (κ3) is 3.38. The molecule has 2 aromatic rings. The Morgan fingerprint density at radius 2 is 2.22 bits per heavy atom. The molecule has 1 heterocycles. The Balaban J connectivity index is 2.10. The van der Waals surface area contributed by atoms with Crippen LogP contribution >= 0.6 is 27.3 Å². The summed E-state index contributed by atoms with van der Waals surface area (Å²) in [5.41, 5.74) is 3.61. The molecule has 0 bridgehead atoms. The van der Waals surface area contributed by atoms with Gasteiger partial charge in [0, 0.05) is 15.4 Å². The lowest BCUT2D eigenvalue weighted by atomic mass is 10.0. The fourth-order valence-corrected chi connectivity index (χ4v) is 3.10. The van der Waals surface area contributed by atoms with Crippen molar-refractivity contribution in [2.75, 3.05) is 0 Å². The predicted octanol–water partition coefficient (Wildman–Crippen LogP) is 3.79. The third-order valence-corrected chi connectivity index (χ3v) is 4.45. The van der Waals surface area contributed by atoms with Crippen molar-refractivity contribution in [3.63, 3.8) is 0 Å². The van der Waals surface area contributed by atoms with Gasteiger partial charge in [-0.25, -0.2) is 4.39 Å². The molecule has 1 atom stereocenters. The lowest BCUT2D eigenvalue weighted by molar-refractivity contribution is 0.511. The predicted molar refractivity (Wildman–Crippen MR) is 76.8 cm³/mol. The highest BCUT2D eigenvalue weighted by molar-refractivity contribution is 9.10. The average molecular weight is 329 g/mol. The van der Waals surface area contributed by atoms with Crippen molar-refractivity contribution < 1.29 is 4.39 Å². The van der Waals surface area contributed by atoms with Gasteiger partial charge in [-0.05, 0) is 48.1 Å². The SMILES string of the molecule is NNC(CCc1cccs1)c1cc(F)ccc1Br. The summed E-state index contributed by atoms with van der Waals surface area (Å²) in [6.45, 7) is 0. The van der Waals surface area contributed by atoms with Crippen molar-refractivity contribution in [2.45, 2.75) is 18.9 Å². The van der Waals surface area contributed by atoms with Gasteiger partial charge in [-0.1, -0.05) is 22.0 Å². The Bertz CT molecular complexity index is 502. The molecule has 1 aromatic heterocycles. The summed E-state index contributed by atoms with van der Waals surface area (Å²) in [6, 6.07) is 8.73. The molecular formula is C13H14BrFN2S. The Morgan fingerprint density at radius 1 is 1.39 bits per heavy atom. The second-order valence-electron chi connectivity index (χ2n) is 4.00. The van der Waals surface area contributed by atoms with Crippen LogP contribution in [-0.2, 0) is 6.42 Å². The van der Waals surface area contributed by atoms with Gasteiger partial charge in [-0.2, -0.15) is 0 Å². The minimum absolute atomic E-state index is 0.0582. The van der Waals surface area contributed by atoms with Gasteiger partial charge < -0.3 is 0 Å². The van der Waals surface area contributed by atoms with Crippen molar-refractivity contribution in [2.24, 2.45) is 5.84 Å². The molecule has 0 aliphatic carbocycles. The lowest BCUT2D eigenvalue weighted by Crippen LogP contribution is -2.28. The number of hydrazine groups is 1. The van der Waals surface area contributed by atoms with Crippen LogP contribution in [0.25, 0.3) is 0 Å². The van der Waals surface area contributed by atoms with Crippen molar-refractivity contribution in [1.82, 2.24) is 5.43 Å². The fraction of sp³-hybridized carbons (Fsp3) is 0.231. The number of thiophene rings is 1. The van der Waals surface area contributed by atoms with Crippen molar-refractivity contribution in [3.05, 3.63) is 56.4 Å². The molecule has 0 aliphatic heterocycles. The summed E-state index contributed by atoms with van der Waals surface area (Å²) in [4.78, 5) is 1.31. The first kappa shape index (κ1) is 13.7. The second kappa shape index (κ2) is 6.43. The minimum Gasteiger partial charge on any atom is -0.271 e. The Kier molecular flexibility index (Phi) is 4.88. The van der Waals surface area contributed by atoms with Crippen LogP contribution in [0, 0.1) is 5.82 Å². The molecular weight excluding hydrogens is 315 g/mol. The number of benzene rings is 1. The highest BCUT2D eigenvalue weighted by atomic mass is 79.9. The van der Waals surface area contributed by atoms with Gasteiger partial charge in [0.2, 0.25) is 0 Å². The topological polar surface area (TPSA) is 38.0 Å². The van der Waals surface area contributed by atoms with Crippen LogP contribution in [0.3, 0.4) is 0 Å². The molecule has 0 saturated heterocycles.